The average molecular weight is 294 g/mol. The molecule has 0 aliphatic carbocycles. The molecule has 0 aromatic heterocycles. The number of nitrogens with zero attached hydrogens (tertiary/aromatic N) is 2. The van der Waals surface area contributed by atoms with Gasteiger partial charge < -0.3 is 9.64 Å². The Balaban J connectivity index is 1.98. The van der Waals surface area contributed by atoms with Crippen molar-refractivity contribution in [3.8, 4) is 0 Å². The zero-order chi connectivity index (χ0) is 15.2. The number of rotatable bonds is 4. The maximum absolute atomic E-state index is 13.3. The van der Waals surface area contributed by atoms with Gasteiger partial charge in [-0.15, -0.1) is 0 Å². The van der Waals surface area contributed by atoms with Crippen molar-refractivity contribution in [3.05, 3.63) is 35.1 Å². The summed E-state index contributed by atoms with van der Waals surface area (Å²) in [6, 6.07) is 4.56. The number of amides is 1. The van der Waals surface area contributed by atoms with Crippen molar-refractivity contribution < 1.29 is 13.9 Å². The monoisotopic (exact) mass is 294 g/mol. The van der Waals surface area contributed by atoms with E-state index in [1.54, 1.807) is 26.2 Å². The van der Waals surface area contributed by atoms with Crippen molar-refractivity contribution in [1.82, 2.24) is 9.80 Å². The summed E-state index contributed by atoms with van der Waals surface area (Å²) >= 11 is 0. The number of hydrogen-bond donors (Lipinski definition) is 0. The highest BCUT2D eigenvalue weighted by Gasteiger charge is 2.20. The van der Waals surface area contributed by atoms with Gasteiger partial charge in [-0.2, -0.15) is 0 Å². The van der Waals surface area contributed by atoms with Crippen LogP contribution in [0.1, 0.15) is 22.3 Å². The number of methoxy groups -OCH3 is 1. The Kier molecular flexibility index (Phi) is 5.70. The lowest BCUT2D eigenvalue weighted by atomic mass is 10.1. The molecule has 4 nitrogen and oxygen atoms in total. The van der Waals surface area contributed by atoms with Crippen molar-refractivity contribution in [3.63, 3.8) is 0 Å². The molecule has 1 fully saturated rings. The molecule has 1 aliphatic rings. The van der Waals surface area contributed by atoms with E-state index < -0.39 is 0 Å². The summed E-state index contributed by atoms with van der Waals surface area (Å²) in [4.78, 5) is 16.7. The third-order valence-electron chi connectivity index (χ3n) is 3.89. The Morgan fingerprint density at radius 2 is 2.10 bits per heavy atom. The summed E-state index contributed by atoms with van der Waals surface area (Å²) in [6.07, 6.45) is 0.954. The molecule has 1 amide bonds. The molecule has 0 atom stereocenters. The van der Waals surface area contributed by atoms with Crippen molar-refractivity contribution >= 4 is 5.91 Å². The molecule has 1 heterocycles. The fraction of sp³-hybridized carbons (Fsp3) is 0.562. The lowest BCUT2D eigenvalue weighted by Gasteiger charge is -2.22. The second-order valence-corrected chi connectivity index (χ2v) is 5.44. The first-order valence-electron chi connectivity index (χ1n) is 7.38. The smallest absolute Gasteiger partial charge is 0.253 e. The standard InChI is InChI=1S/C16H23FN2O2/c1-13-12-14(4-5-15(13)17)16(20)19-7-3-6-18(8-9-19)10-11-21-2/h4-5,12H,3,6-11H2,1-2H3. The van der Waals surface area contributed by atoms with Crippen LogP contribution in [0.25, 0.3) is 0 Å². The van der Waals surface area contributed by atoms with Gasteiger partial charge in [0.25, 0.3) is 5.91 Å². The van der Waals surface area contributed by atoms with Crippen molar-refractivity contribution in [1.29, 1.82) is 0 Å². The summed E-state index contributed by atoms with van der Waals surface area (Å²) in [5.74, 6) is -0.278. The van der Waals surface area contributed by atoms with Crippen molar-refractivity contribution in [2.75, 3.05) is 46.4 Å². The summed E-state index contributed by atoms with van der Waals surface area (Å²) in [6.45, 7) is 6.59. The van der Waals surface area contributed by atoms with E-state index in [1.165, 1.54) is 6.07 Å². The number of carbonyl (C=O) groups excluding carboxylic acids is 1. The van der Waals surface area contributed by atoms with E-state index in [0.717, 1.165) is 32.6 Å². The zero-order valence-corrected chi connectivity index (χ0v) is 12.8. The molecular weight excluding hydrogens is 271 g/mol. The van der Waals surface area contributed by atoms with Gasteiger partial charge in [0, 0.05) is 38.9 Å². The highest BCUT2D eigenvalue weighted by Crippen LogP contribution is 2.13. The summed E-state index contributed by atoms with van der Waals surface area (Å²) in [5.41, 5.74) is 1.08. The molecule has 0 saturated carbocycles. The molecule has 0 unspecified atom stereocenters. The molecule has 1 aromatic carbocycles. The van der Waals surface area contributed by atoms with Crippen LogP contribution < -0.4 is 0 Å². The van der Waals surface area contributed by atoms with Gasteiger partial charge in [0.2, 0.25) is 0 Å². The molecule has 5 heteroatoms. The molecule has 116 valence electrons. The molecule has 0 spiro atoms. The van der Waals surface area contributed by atoms with Gasteiger partial charge in [0.15, 0.2) is 0 Å². The minimum Gasteiger partial charge on any atom is -0.383 e. The van der Waals surface area contributed by atoms with E-state index >= 15 is 0 Å². The largest absolute Gasteiger partial charge is 0.383 e. The van der Waals surface area contributed by atoms with Gasteiger partial charge in [0.1, 0.15) is 5.82 Å². The quantitative estimate of drug-likeness (QED) is 0.850. The Morgan fingerprint density at radius 1 is 1.29 bits per heavy atom. The maximum atomic E-state index is 13.3. The van der Waals surface area contributed by atoms with Crippen LogP contribution in [0.4, 0.5) is 4.39 Å². The van der Waals surface area contributed by atoms with Gasteiger partial charge in [-0.25, -0.2) is 4.39 Å². The highest BCUT2D eigenvalue weighted by atomic mass is 19.1. The fourth-order valence-electron chi connectivity index (χ4n) is 2.58. The molecular formula is C16H23FN2O2. The van der Waals surface area contributed by atoms with Gasteiger partial charge >= 0.3 is 0 Å². The second kappa shape index (κ2) is 7.52. The predicted molar refractivity (Wildman–Crippen MR) is 80.0 cm³/mol. The number of hydrogen-bond acceptors (Lipinski definition) is 3. The molecule has 21 heavy (non-hydrogen) atoms. The summed E-state index contributed by atoms with van der Waals surface area (Å²) in [7, 11) is 1.70. The minimum atomic E-state index is -0.270. The van der Waals surface area contributed by atoms with Crippen LogP contribution in [0.5, 0.6) is 0 Å². The minimum absolute atomic E-state index is 0.00769. The fourth-order valence-corrected chi connectivity index (χ4v) is 2.58. The number of carbonyl (C=O) groups is 1. The van der Waals surface area contributed by atoms with Gasteiger partial charge in [-0.1, -0.05) is 0 Å². The first-order chi connectivity index (χ1) is 10.1. The highest BCUT2D eigenvalue weighted by molar-refractivity contribution is 5.94. The molecule has 1 saturated heterocycles. The van der Waals surface area contributed by atoms with E-state index in [2.05, 4.69) is 4.90 Å². The van der Waals surface area contributed by atoms with E-state index in [1.807, 2.05) is 4.90 Å². The van der Waals surface area contributed by atoms with E-state index in [4.69, 9.17) is 4.74 Å². The molecule has 2 rings (SSSR count). The molecule has 1 aliphatic heterocycles. The van der Waals surface area contributed by atoms with Gasteiger partial charge in [-0.05, 0) is 43.7 Å². The van der Waals surface area contributed by atoms with E-state index in [-0.39, 0.29) is 11.7 Å². The SMILES string of the molecule is COCCN1CCCN(C(=O)c2ccc(F)c(C)c2)CC1. The molecule has 0 bridgehead atoms. The van der Waals surface area contributed by atoms with Crippen molar-refractivity contribution in [2.24, 2.45) is 0 Å². The van der Waals surface area contributed by atoms with Crippen molar-refractivity contribution in [2.45, 2.75) is 13.3 Å². The topological polar surface area (TPSA) is 32.8 Å². The van der Waals surface area contributed by atoms with Gasteiger partial charge in [0.05, 0.1) is 6.61 Å². The van der Waals surface area contributed by atoms with Crippen LogP contribution >= 0.6 is 0 Å². The summed E-state index contributed by atoms with van der Waals surface area (Å²) < 4.78 is 18.4. The second-order valence-electron chi connectivity index (χ2n) is 5.44. The maximum Gasteiger partial charge on any atom is 0.253 e. The van der Waals surface area contributed by atoms with E-state index in [9.17, 15) is 9.18 Å². The average Bonchev–Trinajstić information content (AvgIpc) is 2.73. The lowest BCUT2D eigenvalue weighted by molar-refractivity contribution is 0.0759. The van der Waals surface area contributed by atoms with Crippen LogP contribution in [0.3, 0.4) is 0 Å². The molecule has 1 aromatic rings. The normalized spacial score (nSPS) is 16.8. The Hall–Kier alpha value is -1.46. The predicted octanol–water partition coefficient (Wildman–Crippen LogP) is 1.93. The van der Waals surface area contributed by atoms with Crippen LogP contribution in [0, 0.1) is 12.7 Å². The van der Waals surface area contributed by atoms with Crippen LogP contribution in [-0.2, 0) is 4.74 Å². The number of aryl methyl sites for hydroxylation is 1. The Bertz CT molecular complexity index is 493. The third kappa shape index (κ3) is 4.25. The Labute approximate surface area is 125 Å². The van der Waals surface area contributed by atoms with E-state index in [0.29, 0.717) is 24.3 Å². The number of halogens is 1. The first-order valence-corrected chi connectivity index (χ1v) is 7.38. The number of benzene rings is 1. The van der Waals surface area contributed by atoms with Crippen LogP contribution in [0.2, 0.25) is 0 Å². The lowest BCUT2D eigenvalue weighted by Crippen LogP contribution is -2.36. The number of ether oxygens (including phenoxy) is 1. The Morgan fingerprint density at radius 3 is 2.81 bits per heavy atom. The van der Waals surface area contributed by atoms with Gasteiger partial charge in [-0.3, -0.25) is 9.69 Å². The summed E-state index contributed by atoms with van der Waals surface area (Å²) in [5, 5.41) is 0. The zero-order valence-electron chi connectivity index (χ0n) is 12.8. The first kappa shape index (κ1) is 15.9. The third-order valence-corrected chi connectivity index (χ3v) is 3.89. The molecule has 0 radical (unpaired) electrons. The van der Waals surface area contributed by atoms with Crippen LogP contribution in [0.15, 0.2) is 18.2 Å². The van der Waals surface area contributed by atoms with Crippen LogP contribution in [-0.4, -0.2) is 62.1 Å². The molecule has 0 N–H and O–H groups in total.